The summed E-state index contributed by atoms with van der Waals surface area (Å²) < 4.78 is 26.5. The molecule has 0 fully saturated rings. The summed E-state index contributed by atoms with van der Waals surface area (Å²) in [5.41, 5.74) is 5.21. The molecular formula is C7H18N4O2S. The van der Waals surface area contributed by atoms with Gasteiger partial charge in [0, 0.05) is 13.1 Å². The standard InChI is InChI=1S/C7H18N4O2S/c1-5(2)10-14(12,13)11(4)6(3)7(8)9/h5-6,10H,1-4H3,(H3,8,9). The fraction of sp³-hybridized carbons (Fsp3) is 0.857. The molecule has 0 aromatic heterocycles. The van der Waals surface area contributed by atoms with E-state index in [1.807, 2.05) is 0 Å². The molecule has 84 valence electrons. The van der Waals surface area contributed by atoms with Gasteiger partial charge in [-0.15, -0.1) is 0 Å². The van der Waals surface area contributed by atoms with Crippen LogP contribution >= 0.6 is 0 Å². The third-order valence-corrected chi connectivity index (χ3v) is 3.60. The van der Waals surface area contributed by atoms with Crippen LogP contribution in [0.1, 0.15) is 20.8 Å². The number of rotatable bonds is 5. The van der Waals surface area contributed by atoms with Crippen LogP contribution in [0.25, 0.3) is 0 Å². The van der Waals surface area contributed by atoms with E-state index in [4.69, 9.17) is 11.1 Å². The molecule has 0 aliphatic carbocycles. The van der Waals surface area contributed by atoms with Crippen molar-refractivity contribution in [2.45, 2.75) is 32.9 Å². The van der Waals surface area contributed by atoms with E-state index >= 15 is 0 Å². The molecule has 0 rings (SSSR count). The van der Waals surface area contributed by atoms with Crippen LogP contribution in [0.3, 0.4) is 0 Å². The fourth-order valence-electron chi connectivity index (χ4n) is 0.785. The van der Waals surface area contributed by atoms with Crippen molar-refractivity contribution in [3.63, 3.8) is 0 Å². The van der Waals surface area contributed by atoms with Gasteiger partial charge in [-0.2, -0.15) is 17.4 Å². The maximum Gasteiger partial charge on any atom is 0.280 e. The van der Waals surface area contributed by atoms with Crippen molar-refractivity contribution < 1.29 is 8.42 Å². The maximum absolute atomic E-state index is 11.5. The summed E-state index contributed by atoms with van der Waals surface area (Å²) in [5.74, 6) is -0.179. The zero-order valence-corrected chi connectivity index (χ0v) is 9.72. The Labute approximate surface area is 85.2 Å². The monoisotopic (exact) mass is 222 g/mol. The topological polar surface area (TPSA) is 99.3 Å². The molecule has 14 heavy (non-hydrogen) atoms. The Bertz CT molecular complexity index is 299. The van der Waals surface area contributed by atoms with Crippen molar-refractivity contribution in [3.8, 4) is 0 Å². The minimum absolute atomic E-state index is 0.179. The van der Waals surface area contributed by atoms with Crippen LogP contribution in [0.5, 0.6) is 0 Å². The minimum Gasteiger partial charge on any atom is -0.386 e. The van der Waals surface area contributed by atoms with Crippen LogP contribution < -0.4 is 10.5 Å². The molecule has 7 heteroatoms. The molecule has 0 amide bonds. The number of nitrogens with one attached hydrogen (secondary N) is 2. The van der Waals surface area contributed by atoms with Crippen molar-refractivity contribution in [1.29, 1.82) is 5.41 Å². The second-order valence-corrected chi connectivity index (χ2v) is 5.19. The van der Waals surface area contributed by atoms with Crippen LogP contribution in [0.2, 0.25) is 0 Å². The average Bonchev–Trinajstić information content (AvgIpc) is 1.99. The van der Waals surface area contributed by atoms with Crippen molar-refractivity contribution in [2.75, 3.05) is 7.05 Å². The van der Waals surface area contributed by atoms with E-state index < -0.39 is 16.3 Å². The Hall–Kier alpha value is -0.660. The SMILES string of the molecule is CC(C)NS(=O)(=O)N(C)C(C)C(=N)N. The zero-order valence-electron chi connectivity index (χ0n) is 8.90. The third kappa shape index (κ3) is 3.60. The summed E-state index contributed by atoms with van der Waals surface area (Å²) >= 11 is 0. The van der Waals surface area contributed by atoms with E-state index in [0.29, 0.717) is 0 Å². The van der Waals surface area contributed by atoms with E-state index in [0.717, 1.165) is 4.31 Å². The van der Waals surface area contributed by atoms with Crippen LogP contribution in [-0.2, 0) is 10.2 Å². The van der Waals surface area contributed by atoms with E-state index in [1.54, 1.807) is 20.8 Å². The van der Waals surface area contributed by atoms with E-state index in [1.165, 1.54) is 7.05 Å². The number of likely N-dealkylation sites (N-methyl/N-ethyl adjacent to an activating group) is 1. The first-order chi connectivity index (χ1) is 6.18. The lowest BCUT2D eigenvalue weighted by molar-refractivity contribution is 0.433. The molecule has 4 N–H and O–H groups in total. The Kier molecular flexibility index (Phi) is 4.50. The Morgan fingerprint density at radius 1 is 1.43 bits per heavy atom. The largest absolute Gasteiger partial charge is 0.386 e. The molecular weight excluding hydrogens is 204 g/mol. The Morgan fingerprint density at radius 2 is 1.86 bits per heavy atom. The predicted molar refractivity (Wildman–Crippen MR) is 56.3 cm³/mol. The second kappa shape index (κ2) is 4.72. The first-order valence-corrected chi connectivity index (χ1v) is 5.71. The van der Waals surface area contributed by atoms with E-state index in [-0.39, 0.29) is 11.9 Å². The third-order valence-electron chi connectivity index (χ3n) is 1.76. The molecule has 0 heterocycles. The van der Waals surface area contributed by atoms with E-state index in [9.17, 15) is 8.42 Å². The molecule has 0 aliphatic heterocycles. The van der Waals surface area contributed by atoms with Gasteiger partial charge in [0.15, 0.2) is 0 Å². The molecule has 0 aliphatic rings. The van der Waals surface area contributed by atoms with Gasteiger partial charge in [-0.05, 0) is 20.8 Å². The summed E-state index contributed by atoms with van der Waals surface area (Å²) in [6.07, 6.45) is 0. The summed E-state index contributed by atoms with van der Waals surface area (Å²) in [6.45, 7) is 5.01. The average molecular weight is 222 g/mol. The molecule has 0 aromatic rings. The summed E-state index contributed by atoms with van der Waals surface area (Å²) in [7, 11) is -2.16. The first-order valence-electron chi connectivity index (χ1n) is 4.27. The number of hydrogen-bond acceptors (Lipinski definition) is 3. The molecule has 0 saturated carbocycles. The lowest BCUT2D eigenvalue weighted by Crippen LogP contribution is -2.49. The van der Waals surface area contributed by atoms with Gasteiger partial charge in [-0.3, -0.25) is 5.41 Å². The molecule has 6 nitrogen and oxygen atoms in total. The van der Waals surface area contributed by atoms with Crippen LogP contribution in [-0.4, -0.2) is 37.7 Å². The lowest BCUT2D eigenvalue weighted by Gasteiger charge is -2.24. The number of nitrogens with two attached hydrogens (primary N) is 1. The summed E-state index contributed by atoms with van der Waals surface area (Å²) in [6, 6.07) is -0.812. The minimum atomic E-state index is -3.54. The molecule has 0 radical (unpaired) electrons. The molecule has 1 atom stereocenters. The highest BCUT2D eigenvalue weighted by Gasteiger charge is 2.25. The number of nitrogens with zero attached hydrogens (tertiary/aromatic N) is 1. The second-order valence-electron chi connectivity index (χ2n) is 3.43. The van der Waals surface area contributed by atoms with Gasteiger partial charge in [0.25, 0.3) is 10.2 Å². The van der Waals surface area contributed by atoms with Gasteiger partial charge < -0.3 is 5.73 Å². The Morgan fingerprint density at radius 3 is 2.14 bits per heavy atom. The predicted octanol–water partition coefficient (Wildman–Crippen LogP) is -0.515. The molecule has 0 spiro atoms. The van der Waals surface area contributed by atoms with Crippen molar-refractivity contribution in [3.05, 3.63) is 0 Å². The van der Waals surface area contributed by atoms with Gasteiger partial charge in [-0.25, -0.2) is 0 Å². The van der Waals surface area contributed by atoms with Crippen LogP contribution in [0, 0.1) is 5.41 Å². The van der Waals surface area contributed by atoms with Gasteiger partial charge >= 0.3 is 0 Å². The number of hydrogen-bond donors (Lipinski definition) is 3. The highest BCUT2D eigenvalue weighted by molar-refractivity contribution is 7.87. The van der Waals surface area contributed by atoms with Gasteiger partial charge in [0.2, 0.25) is 0 Å². The number of amidine groups is 1. The van der Waals surface area contributed by atoms with Gasteiger partial charge in [0.1, 0.15) is 5.84 Å². The van der Waals surface area contributed by atoms with Crippen LogP contribution in [0.15, 0.2) is 0 Å². The van der Waals surface area contributed by atoms with Crippen LogP contribution in [0.4, 0.5) is 0 Å². The van der Waals surface area contributed by atoms with Gasteiger partial charge in [0.05, 0.1) is 6.04 Å². The lowest BCUT2D eigenvalue weighted by atomic mass is 10.3. The summed E-state index contributed by atoms with van der Waals surface area (Å²) in [5, 5.41) is 7.14. The summed E-state index contributed by atoms with van der Waals surface area (Å²) in [4.78, 5) is 0. The zero-order chi connectivity index (χ0) is 11.5. The highest BCUT2D eigenvalue weighted by Crippen LogP contribution is 2.02. The van der Waals surface area contributed by atoms with Crippen molar-refractivity contribution in [2.24, 2.45) is 5.73 Å². The molecule has 0 bridgehead atoms. The quantitative estimate of drug-likeness (QED) is 0.431. The highest BCUT2D eigenvalue weighted by atomic mass is 32.2. The van der Waals surface area contributed by atoms with Crippen molar-refractivity contribution in [1.82, 2.24) is 9.03 Å². The van der Waals surface area contributed by atoms with E-state index in [2.05, 4.69) is 4.72 Å². The molecule has 0 aromatic carbocycles. The molecule has 1 unspecified atom stereocenters. The van der Waals surface area contributed by atoms with Crippen molar-refractivity contribution >= 4 is 16.0 Å². The fourth-order valence-corrected chi connectivity index (χ4v) is 2.08. The smallest absolute Gasteiger partial charge is 0.280 e. The maximum atomic E-state index is 11.5. The molecule has 0 saturated heterocycles. The normalized spacial score (nSPS) is 14.7. The Balaban J connectivity index is 4.67. The first kappa shape index (κ1) is 13.3. The van der Waals surface area contributed by atoms with Gasteiger partial charge in [-0.1, -0.05) is 0 Å².